The minimum atomic E-state index is -0.448. The van der Waals surface area contributed by atoms with Crippen molar-refractivity contribution < 1.29 is 13.9 Å². The van der Waals surface area contributed by atoms with Crippen molar-refractivity contribution in [3.8, 4) is 11.1 Å². The van der Waals surface area contributed by atoms with E-state index >= 15 is 0 Å². The van der Waals surface area contributed by atoms with Gasteiger partial charge < -0.3 is 10.2 Å². The van der Waals surface area contributed by atoms with Crippen LogP contribution in [0.5, 0.6) is 0 Å². The Hall–Kier alpha value is -1.92. The van der Waals surface area contributed by atoms with Crippen molar-refractivity contribution in [1.29, 1.82) is 0 Å². The van der Waals surface area contributed by atoms with Crippen LogP contribution in [-0.2, 0) is 4.74 Å². The van der Waals surface area contributed by atoms with Crippen molar-refractivity contribution in [2.45, 2.75) is 6.92 Å². The van der Waals surface area contributed by atoms with Crippen molar-refractivity contribution in [1.82, 2.24) is 0 Å². The molecule has 2 aromatic rings. The van der Waals surface area contributed by atoms with Crippen molar-refractivity contribution in [2.75, 3.05) is 12.0 Å². The van der Waals surface area contributed by atoms with Crippen molar-refractivity contribution >= 4 is 22.3 Å². The van der Waals surface area contributed by atoms with Gasteiger partial charge in [0.1, 0.15) is 16.4 Å². The number of hydrogen-bond donors (Lipinski definition) is 2. The lowest BCUT2D eigenvalue weighted by molar-refractivity contribution is 0.0529. The molecule has 6 heteroatoms. The molecule has 0 fully saturated rings. The molecule has 3 N–H and O–H groups in total. The van der Waals surface area contributed by atoms with Crippen molar-refractivity contribution in [3.05, 3.63) is 41.0 Å². The molecule has 19 heavy (non-hydrogen) atoms. The van der Waals surface area contributed by atoms with E-state index in [0.29, 0.717) is 16.1 Å². The van der Waals surface area contributed by atoms with Gasteiger partial charge in [0.15, 0.2) is 0 Å². The Morgan fingerprint density at radius 2 is 2.11 bits per heavy atom. The van der Waals surface area contributed by atoms with Gasteiger partial charge in [0, 0.05) is 10.9 Å². The molecule has 4 nitrogen and oxygen atoms in total. The predicted molar refractivity (Wildman–Crippen MR) is 73.5 cm³/mol. The van der Waals surface area contributed by atoms with E-state index in [4.69, 9.17) is 10.6 Å². The van der Waals surface area contributed by atoms with Gasteiger partial charge in [-0.25, -0.2) is 15.0 Å². The SMILES string of the molecule is CCOC(=O)c1c(-c2ccc(F)cc2)csc1NN. The number of hydrazine groups is 1. The number of halogens is 1. The van der Waals surface area contributed by atoms with E-state index in [1.807, 2.05) is 0 Å². The second-order valence-corrected chi connectivity index (χ2v) is 4.60. The highest BCUT2D eigenvalue weighted by atomic mass is 32.1. The van der Waals surface area contributed by atoms with Crippen LogP contribution < -0.4 is 11.3 Å². The topological polar surface area (TPSA) is 64.3 Å². The Morgan fingerprint density at radius 1 is 1.42 bits per heavy atom. The molecule has 0 aliphatic heterocycles. The number of nitrogen functional groups attached to an aromatic ring is 1. The van der Waals surface area contributed by atoms with Crippen LogP contribution >= 0.6 is 11.3 Å². The maximum Gasteiger partial charge on any atom is 0.341 e. The van der Waals surface area contributed by atoms with Crippen LogP contribution in [0.2, 0.25) is 0 Å². The molecule has 2 rings (SSSR count). The van der Waals surface area contributed by atoms with Crippen LogP contribution in [0.3, 0.4) is 0 Å². The molecule has 0 aliphatic rings. The minimum Gasteiger partial charge on any atom is -0.462 e. The number of thiophene rings is 1. The lowest BCUT2D eigenvalue weighted by Gasteiger charge is -2.06. The number of rotatable bonds is 4. The van der Waals surface area contributed by atoms with Gasteiger partial charge in [0.25, 0.3) is 0 Å². The van der Waals surface area contributed by atoms with E-state index in [-0.39, 0.29) is 12.4 Å². The third kappa shape index (κ3) is 2.74. The summed E-state index contributed by atoms with van der Waals surface area (Å²) in [5.74, 6) is 4.62. The maximum atomic E-state index is 12.9. The minimum absolute atomic E-state index is 0.279. The summed E-state index contributed by atoms with van der Waals surface area (Å²) < 4.78 is 17.9. The first kappa shape index (κ1) is 13.5. The maximum absolute atomic E-state index is 12.9. The average molecular weight is 280 g/mol. The van der Waals surface area contributed by atoms with Gasteiger partial charge in [-0.1, -0.05) is 12.1 Å². The van der Waals surface area contributed by atoms with Crippen LogP contribution in [0.15, 0.2) is 29.6 Å². The number of carbonyl (C=O) groups is 1. The molecule has 1 heterocycles. The number of hydrogen-bond acceptors (Lipinski definition) is 5. The number of anilines is 1. The predicted octanol–water partition coefficient (Wildman–Crippen LogP) is 3.02. The van der Waals surface area contributed by atoms with Crippen molar-refractivity contribution in [3.63, 3.8) is 0 Å². The highest BCUT2D eigenvalue weighted by molar-refractivity contribution is 7.15. The van der Waals surface area contributed by atoms with E-state index in [0.717, 1.165) is 5.56 Å². The number of benzene rings is 1. The summed E-state index contributed by atoms with van der Waals surface area (Å²) in [5.41, 5.74) is 4.27. The monoisotopic (exact) mass is 280 g/mol. The van der Waals surface area contributed by atoms with Crippen LogP contribution in [-0.4, -0.2) is 12.6 Å². The van der Waals surface area contributed by atoms with Gasteiger partial charge in [-0.3, -0.25) is 0 Å². The first-order valence-electron chi connectivity index (χ1n) is 5.68. The van der Waals surface area contributed by atoms with Crippen LogP contribution in [0.4, 0.5) is 9.39 Å². The molecule has 0 unspecified atom stereocenters. The highest BCUT2D eigenvalue weighted by Gasteiger charge is 2.20. The zero-order valence-electron chi connectivity index (χ0n) is 10.3. The third-order valence-corrected chi connectivity index (χ3v) is 3.47. The normalized spacial score (nSPS) is 10.3. The summed E-state index contributed by atoms with van der Waals surface area (Å²) >= 11 is 1.30. The summed E-state index contributed by atoms with van der Waals surface area (Å²) in [6.07, 6.45) is 0. The van der Waals surface area contributed by atoms with Crippen LogP contribution in [0, 0.1) is 5.82 Å². The van der Waals surface area contributed by atoms with Gasteiger partial charge >= 0.3 is 5.97 Å². The van der Waals surface area contributed by atoms with Crippen LogP contribution in [0.25, 0.3) is 11.1 Å². The van der Waals surface area contributed by atoms with Crippen molar-refractivity contribution in [2.24, 2.45) is 5.84 Å². The molecule has 1 aromatic heterocycles. The number of esters is 1. The number of ether oxygens (including phenoxy) is 1. The Morgan fingerprint density at radius 3 is 2.68 bits per heavy atom. The Labute approximate surface area is 114 Å². The first-order valence-corrected chi connectivity index (χ1v) is 6.56. The van der Waals surface area contributed by atoms with E-state index in [2.05, 4.69) is 5.43 Å². The molecule has 0 amide bonds. The zero-order valence-corrected chi connectivity index (χ0v) is 11.1. The second kappa shape index (κ2) is 5.81. The number of nitrogens with one attached hydrogen (secondary N) is 1. The van der Waals surface area contributed by atoms with Gasteiger partial charge in [-0.15, -0.1) is 11.3 Å². The molecule has 0 aliphatic carbocycles. The molecule has 0 radical (unpaired) electrons. The third-order valence-electron chi connectivity index (χ3n) is 2.56. The Bertz CT molecular complexity index is 581. The lowest BCUT2D eigenvalue weighted by Crippen LogP contribution is -2.12. The fourth-order valence-corrected chi connectivity index (χ4v) is 2.58. The fraction of sp³-hybridized carbons (Fsp3) is 0.154. The first-order chi connectivity index (χ1) is 9.17. The quantitative estimate of drug-likeness (QED) is 0.513. The van der Waals surface area contributed by atoms with Gasteiger partial charge in [-0.05, 0) is 24.6 Å². The van der Waals surface area contributed by atoms with E-state index < -0.39 is 5.97 Å². The molecule has 0 saturated heterocycles. The fourth-order valence-electron chi connectivity index (χ4n) is 1.71. The molecule has 0 atom stereocenters. The van der Waals surface area contributed by atoms with Gasteiger partial charge in [-0.2, -0.15) is 0 Å². The molecule has 0 bridgehead atoms. The summed E-state index contributed by atoms with van der Waals surface area (Å²) in [7, 11) is 0. The standard InChI is InChI=1S/C13H13FN2O2S/c1-2-18-13(17)11-10(7-19-12(11)16-15)8-3-5-9(14)6-4-8/h3-7,16H,2,15H2,1H3. The lowest BCUT2D eigenvalue weighted by atomic mass is 10.0. The zero-order chi connectivity index (χ0) is 13.8. The van der Waals surface area contributed by atoms with E-state index in [1.165, 1.54) is 23.5 Å². The summed E-state index contributed by atoms with van der Waals surface area (Å²) in [6.45, 7) is 2.01. The van der Waals surface area contributed by atoms with Gasteiger partial charge in [0.2, 0.25) is 0 Å². The average Bonchev–Trinajstić information content (AvgIpc) is 2.83. The molecule has 100 valence electrons. The van der Waals surface area contributed by atoms with Gasteiger partial charge in [0.05, 0.1) is 6.61 Å². The molecule has 0 saturated carbocycles. The van der Waals surface area contributed by atoms with E-state index in [1.54, 1.807) is 24.4 Å². The highest BCUT2D eigenvalue weighted by Crippen LogP contribution is 2.35. The second-order valence-electron chi connectivity index (χ2n) is 3.73. The summed E-state index contributed by atoms with van der Waals surface area (Å²) in [5, 5.41) is 2.31. The van der Waals surface area contributed by atoms with E-state index in [9.17, 15) is 9.18 Å². The smallest absolute Gasteiger partial charge is 0.341 e. The number of nitrogens with two attached hydrogens (primary N) is 1. The number of carbonyl (C=O) groups excluding carboxylic acids is 1. The van der Waals surface area contributed by atoms with Crippen LogP contribution in [0.1, 0.15) is 17.3 Å². The molecule has 0 spiro atoms. The molecular formula is C13H13FN2O2S. The Kier molecular flexibility index (Phi) is 4.13. The largest absolute Gasteiger partial charge is 0.462 e. The summed E-state index contributed by atoms with van der Waals surface area (Å²) in [6, 6.07) is 5.91. The Balaban J connectivity index is 2.48. The molecular weight excluding hydrogens is 267 g/mol. The molecule has 1 aromatic carbocycles. The summed E-state index contributed by atoms with van der Waals surface area (Å²) in [4.78, 5) is 12.0.